The minimum absolute atomic E-state index is 0.314. The molecule has 0 bridgehead atoms. The molecule has 1 N–H and O–H groups in total. The van der Waals surface area contributed by atoms with Crippen LogP contribution in [0.3, 0.4) is 0 Å². The van der Waals surface area contributed by atoms with Gasteiger partial charge in [-0.15, -0.1) is 12.6 Å². The van der Waals surface area contributed by atoms with Gasteiger partial charge in [0.1, 0.15) is 5.75 Å². The number of rotatable bonds is 1. The van der Waals surface area contributed by atoms with E-state index in [2.05, 4.69) is 12.6 Å². The van der Waals surface area contributed by atoms with Crippen LogP contribution in [0.4, 0.5) is 0 Å². The van der Waals surface area contributed by atoms with Crippen molar-refractivity contribution < 1.29 is 5.11 Å². The van der Waals surface area contributed by atoms with Crippen molar-refractivity contribution in [1.82, 2.24) is 0 Å². The van der Waals surface area contributed by atoms with Crippen LogP contribution in [0.15, 0.2) is 23.1 Å². The van der Waals surface area contributed by atoms with Gasteiger partial charge in [0.05, 0.1) is 0 Å². The first-order valence-electron chi connectivity index (χ1n) is 3.25. The number of phenolic OH excluding ortho intramolecular Hbond substituents is 1. The van der Waals surface area contributed by atoms with Gasteiger partial charge < -0.3 is 5.11 Å². The van der Waals surface area contributed by atoms with Crippen molar-refractivity contribution in [1.29, 1.82) is 0 Å². The van der Waals surface area contributed by atoms with Gasteiger partial charge in [-0.2, -0.15) is 0 Å². The summed E-state index contributed by atoms with van der Waals surface area (Å²) < 4.78 is 0. The first-order chi connectivity index (χ1) is 4.74. The lowest BCUT2D eigenvalue weighted by atomic mass is 10.2. The highest BCUT2D eigenvalue weighted by Crippen LogP contribution is 2.19. The highest BCUT2D eigenvalue weighted by Gasteiger charge is 1.95. The number of hydrogen-bond donors (Lipinski definition) is 2. The molecule has 1 aromatic rings. The van der Waals surface area contributed by atoms with Crippen LogP contribution in [0.1, 0.15) is 12.5 Å². The van der Waals surface area contributed by atoms with E-state index in [-0.39, 0.29) is 0 Å². The van der Waals surface area contributed by atoms with Crippen molar-refractivity contribution in [2.24, 2.45) is 0 Å². The molecular weight excluding hydrogens is 144 g/mol. The Kier molecular flexibility index (Phi) is 2.22. The molecule has 0 aliphatic rings. The number of aromatic hydroxyl groups is 1. The molecule has 0 unspecified atom stereocenters. The molecule has 1 aromatic carbocycles. The van der Waals surface area contributed by atoms with Crippen LogP contribution < -0.4 is 0 Å². The molecule has 2 heteroatoms. The molecule has 1 rings (SSSR count). The van der Waals surface area contributed by atoms with Crippen molar-refractivity contribution in [3.05, 3.63) is 23.8 Å². The third-order valence-electron chi connectivity index (χ3n) is 1.44. The standard InChI is InChI=1S/C8H10OS/c1-2-6-5-7(9)3-4-8(6)10/h3-5,9-10H,2H2,1H3. The second-order valence-corrected chi connectivity index (χ2v) is 2.65. The summed E-state index contributed by atoms with van der Waals surface area (Å²) in [6, 6.07) is 5.18. The second kappa shape index (κ2) is 2.97. The van der Waals surface area contributed by atoms with E-state index >= 15 is 0 Å². The summed E-state index contributed by atoms with van der Waals surface area (Å²) >= 11 is 4.21. The molecule has 0 aliphatic heterocycles. The summed E-state index contributed by atoms with van der Waals surface area (Å²) in [5, 5.41) is 9.03. The molecule has 0 heterocycles. The first kappa shape index (κ1) is 7.48. The largest absolute Gasteiger partial charge is 0.508 e. The van der Waals surface area contributed by atoms with E-state index < -0.39 is 0 Å². The number of thiol groups is 1. The molecular formula is C8H10OS. The maximum Gasteiger partial charge on any atom is 0.115 e. The zero-order valence-electron chi connectivity index (χ0n) is 5.83. The van der Waals surface area contributed by atoms with Crippen LogP contribution in [0.5, 0.6) is 5.75 Å². The van der Waals surface area contributed by atoms with Gasteiger partial charge in [0.25, 0.3) is 0 Å². The van der Waals surface area contributed by atoms with Crippen LogP contribution in [0.25, 0.3) is 0 Å². The summed E-state index contributed by atoms with van der Waals surface area (Å²) in [5.41, 5.74) is 1.09. The van der Waals surface area contributed by atoms with Gasteiger partial charge in [0.2, 0.25) is 0 Å². The number of benzene rings is 1. The maximum atomic E-state index is 9.03. The average Bonchev–Trinajstić information content (AvgIpc) is 1.94. The van der Waals surface area contributed by atoms with Crippen LogP contribution in [0.2, 0.25) is 0 Å². The third kappa shape index (κ3) is 1.45. The first-order valence-corrected chi connectivity index (χ1v) is 3.69. The fourth-order valence-corrected chi connectivity index (χ4v) is 1.15. The highest BCUT2D eigenvalue weighted by atomic mass is 32.1. The van der Waals surface area contributed by atoms with Crippen LogP contribution in [-0.4, -0.2) is 5.11 Å². The number of phenols is 1. The predicted octanol–water partition coefficient (Wildman–Crippen LogP) is 2.24. The Morgan fingerprint density at radius 1 is 1.50 bits per heavy atom. The van der Waals surface area contributed by atoms with Crippen LogP contribution in [0, 0.1) is 0 Å². The molecule has 1 nitrogen and oxygen atoms in total. The molecule has 0 saturated heterocycles. The maximum absolute atomic E-state index is 9.03. The topological polar surface area (TPSA) is 20.2 Å². The molecule has 0 atom stereocenters. The quantitative estimate of drug-likeness (QED) is 0.594. The van der Waals surface area contributed by atoms with Crippen LogP contribution in [-0.2, 0) is 6.42 Å². The van der Waals surface area contributed by atoms with Gasteiger partial charge in [-0.1, -0.05) is 6.92 Å². The van der Waals surface area contributed by atoms with E-state index in [4.69, 9.17) is 5.11 Å². The second-order valence-electron chi connectivity index (χ2n) is 2.17. The summed E-state index contributed by atoms with van der Waals surface area (Å²) in [6.07, 6.45) is 0.910. The van der Waals surface area contributed by atoms with Crippen LogP contribution >= 0.6 is 12.6 Å². The Balaban J connectivity index is 3.09. The summed E-state index contributed by atoms with van der Waals surface area (Å²) in [6.45, 7) is 2.04. The van der Waals surface area contributed by atoms with Crippen molar-refractivity contribution in [3.8, 4) is 5.75 Å². The monoisotopic (exact) mass is 154 g/mol. The zero-order valence-corrected chi connectivity index (χ0v) is 6.73. The zero-order chi connectivity index (χ0) is 7.56. The van der Waals surface area contributed by atoms with Gasteiger partial charge >= 0.3 is 0 Å². The normalized spacial score (nSPS) is 9.80. The Labute approximate surface area is 66.1 Å². The van der Waals surface area contributed by atoms with E-state index in [1.54, 1.807) is 18.2 Å². The molecule has 0 saturated carbocycles. The van der Waals surface area contributed by atoms with E-state index in [1.165, 1.54) is 0 Å². The third-order valence-corrected chi connectivity index (χ3v) is 1.88. The van der Waals surface area contributed by atoms with Gasteiger partial charge in [-0.05, 0) is 30.2 Å². The summed E-state index contributed by atoms with van der Waals surface area (Å²) in [7, 11) is 0. The van der Waals surface area contributed by atoms with Gasteiger partial charge in [0, 0.05) is 4.90 Å². The molecule has 0 radical (unpaired) electrons. The Morgan fingerprint density at radius 2 is 2.20 bits per heavy atom. The fraction of sp³-hybridized carbons (Fsp3) is 0.250. The van der Waals surface area contributed by atoms with Crippen molar-refractivity contribution in [2.75, 3.05) is 0 Å². The SMILES string of the molecule is CCc1cc(O)ccc1S. The number of aryl methyl sites for hydroxylation is 1. The minimum Gasteiger partial charge on any atom is -0.508 e. The van der Waals surface area contributed by atoms with E-state index in [1.807, 2.05) is 6.92 Å². The lowest BCUT2D eigenvalue weighted by molar-refractivity contribution is 0.474. The average molecular weight is 154 g/mol. The van der Waals surface area contributed by atoms with Crippen molar-refractivity contribution >= 4 is 12.6 Å². The summed E-state index contributed by atoms with van der Waals surface area (Å²) in [4.78, 5) is 0.945. The lowest BCUT2D eigenvalue weighted by Gasteiger charge is -2.00. The molecule has 0 aromatic heterocycles. The fourth-order valence-electron chi connectivity index (χ4n) is 0.855. The van der Waals surface area contributed by atoms with Crippen molar-refractivity contribution in [3.63, 3.8) is 0 Å². The van der Waals surface area contributed by atoms with E-state index in [0.717, 1.165) is 16.9 Å². The molecule has 0 aliphatic carbocycles. The minimum atomic E-state index is 0.314. The van der Waals surface area contributed by atoms with E-state index in [9.17, 15) is 0 Å². The summed E-state index contributed by atoms with van der Waals surface area (Å²) in [5.74, 6) is 0.314. The van der Waals surface area contributed by atoms with E-state index in [0.29, 0.717) is 5.75 Å². The smallest absolute Gasteiger partial charge is 0.115 e. The molecule has 10 heavy (non-hydrogen) atoms. The molecule has 0 amide bonds. The molecule has 0 spiro atoms. The van der Waals surface area contributed by atoms with Gasteiger partial charge in [-0.3, -0.25) is 0 Å². The van der Waals surface area contributed by atoms with Gasteiger partial charge in [-0.25, -0.2) is 0 Å². The highest BCUT2D eigenvalue weighted by molar-refractivity contribution is 7.80. The Hall–Kier alpha value is -0.630. The lowest BCUT2D eigenvalue weighted by Crippen LogP contribution is -1.80. The molecule has 54 valence electrons. The predicted molar refractivity (Wildman–Crippen MR) is 44.7 cm³/mol. The molecule has 0 fully saturated rings. The van der Waals surface area contributed by atoms with Crippen molar-refractivity contribution in [2.45, 2.75) is 18.2 Å². The Bertz CT molecular complexity index is 233. The Morgan fingerprint density at radius 3 is 2.70 bits per heavy atom. The number of hydrogen-bond acceptors (Lipinski definition) is 2. The van der Waals surface area contributed by atoms with Gasteiger partial charge in [0.15, 0.2) is 0 Å².